The smallest absolute Gasteiger partial charge is 0.306 e. The summed E-state index contributed by atoms with van der Waals surface area (Å²) in [4.78, 5) is 48.7. The normalized spacial score (nSPS) is 14.5. The van der Waals surface area contributed by atoms with Crippen molar-refractivity contribution in [3.05, 3.63) is 34.4 Å². The lowest BCUT2D eigenvalue weighted by Crippen LogP contribution is -2.46. The van der Waals surface area contributed by atoms with E-state index < -0.39 is 16.8 Å². The molecule has 1 aromatic rings. The van der Waals surface area contributed by atoms with Crippen LogP contribution in [-0.4, -0.2) is 70.8 Å². The lowest BCUT2D eigenvalue weighted by Gasteiger charge is -2.31. The van der Waals surface area contributed by atoms with Crippen LogP contribution in [0.3, 0.4) is 0 Å². The van der Waals surface area contributed by atoms with Gasteiger partial charge in [0.2, 0.25) is 11.8 Å². The number of carbonyl (C=O) groups excluding carboxylic acids is 2. The Morgan fingerprint density at radius 2 is 1.93 bits per heavy atom. The van der Waals surface area contributed by atoms with Crippen molar-refractivity contribution >= 4 is 29.2 Å². The van der Waals surface area contributed by atoms with Crippen LogP contribution in [0.2, 0.25) is 0 Å². The zero-order chi connectivity index (χ0) is 20.0. The Bertz CT molecular complexity index is 730. The fraction of sp³-hybridized carbons (Fsp3) is 0.471. The molecule has 27 heavy (non-hydrogen) atoms. The van der Waals surface area contributed by atoms with E-state index >= 15 is 0 Å². The minimum absolute atomic E-state index is 0.130. The number of benzene rings is 1. The minimum Gasteiger partial charge on any atom is -0.481 e. The van der Waals surface area contributed by atoms with Crippen LogP contribution in [0.4, 0.5) is 11.4 Å². The first-order valence-corrected chi connectivity index (χ1v) is 8.51. The second-order valence-electron chi connectivity index (χ2n) is 6.37. The van der Waals surface area contributed by atoms with Gasteiger partial charge in [-0.15, -0.1) is 0 Å². The number of nitro groups is 1. The summed E-state index contributed by atoms with van der Waals surface area (Å²) in [5, 5.41) is 22.7. The summed E-state index contributed by atoms with van der Waals surface area (Å²) in [5.41, 5.74) is 0.0941. The third-order valence-corrected chi connectivity index (χ3v) is 4.53. The average molecular weight is 378 g/mol. The van der Waals surface area contributed by atoms with Gasteiger partial charge < -0.3 is 20.2 Å². The van der Waals surface area contributed by atoms with E-state index in [0.29, 0.717) is 25.9 Å². The minimum atomic E-state index is -0.851. The number of carbonyl (C=O) groups is 3. The number of anilines is 1. The molecular formula is C17H22N4O6. The van der Waals surface area contributed by atoms with Crippen LogP contribution < -0.4 is 5.32 Å². The van der Waals surface area contributed by atoms with Crippen LogP contribution in [0, 0.1) is 16.0 Å². The molecule has 10 heteroatoms. The van der Waals surface area contributed by atoms with Crippen LogP contribution in [-0.2, 0) is 14.4 Å². The van der Waals surface area contributed by atoms with Crippen LogP contribution in [0.15, 0.2) is 24.3 Å². The first kappa shape index (κ1) is 20.1. The molecule has 0 bridgehead atoms. The fourth-order valence-electron chi connectivity index (χ4n) is 2.86. The molecule has 2 N–H and O–H groups in total. The molecule has 1 fully saturated rings. The standard InChI is InChI=1S/C17H22N4O6/c1-19(11-16(23)20-8-6-12(7-9-20)17(24)25)15(22)10-18-13-4-2-3-5-14(13)21(26)27/h2-5,12,18H,6-11H2,1H3,(H,24,25). The molecule has 10 nitrogen and oxygen atoms in total. The topological polar surface area (TPSA) is 133 Å². The van der Waals surface area contributed by atoms with Crippen LogP contribution in [0.25, 0.3) is 0 Å². The molecule has 0 saturated carbocycles. The number of likely N-dealkylation sites (N-methyl/N-ethyl adjacent to an activating group) is 1. The Kier molecular flexibility index (Phi) is 6.69. The van der Waals surface area contributed by atoms with Gasteiger partial charge in [0.05, 0.1) is 23.9 Å². The van der Waals surface area contributed by atoms with E-state index in [4.69, 9.17) is 5.11 Å². The van der Waals surface area contributed by atoms with Crippen molar-refractivity contribution in [2.45, 2.75) is 12.8 Å². The average Bonchev–Trinajstić information content (AvgIpc) is 2.66. The predicted molar refractivity (Wildman–Crippen MR) is 96.2 cm³/mol. The summed E-state index contributed by atoms with van der Waals surface area (Å²) in [6, 6.07) is 5.99. The number of amides is 2. The molecular weight excluding hydrogens is 356 g/mol. The van der Waals surface area contributed by atoms with Crippen molar-refractivity contribution in [1.29, 1.82) is 0 Å². The van der Waals surface area contributed by atoms with E-state index in [1.54, 1.807) is 11.0 Å². The summed E-state index contributed by atoms with van der Waals surface area (Å²) in [6.45, 7) is 0.392. The number of rotatable bonds is 7. The number of hydrogen-bond acceptors (Lipinski definition) is 6. The van der Waals surface area contributed by atoms with Crippen molar-refractivity contribution in [3.8, 4) is 0 Å². The SMILES string of the molecule is CN(CC(=O)N1CCC(C(=O)O)CC1)C(=O)CNc1ccccc1[N+](=O)[O-]. The molecule has 1 aliphatic rings. The lowest BCUT2D eigenvalue weighted by atomic mass is 9.97. The van der Waals surface area contributed by atoms with Crippen LogP contribution in [0.5, 0.6) is 0 Å². The number of carboxylic acid groups (broad SMARTS) is 1. The number of hydrogen-bond donors (Lipinski definition) is 2. The third-order valence-electron chi connectivity index (χ3n) is 4.53. The van der Waals surface area contributed by atoms with Crippen LogP contribution in [0.1, 0.15) is 12.8 Å². The van der Waals surface area contributed by atoms with Gasteiger partial charge in [0, 0.05) is 26.2 Å². The van der Waals surface area contributed by atoms with Gasteiger partial charge in [-0.1, -0.05) is 12.1 Å². The maximum atomic E-state index is 12.3. The summed E-state index contributed by atoms with van der Waals surface area (Å²) >= 11 is 0. The molecule has 1 saturated heterocycles. The van der Waals surface area contributed by atoms with E-state index in [-0.39, 0.29) is 36.3 Å². The van der Waals surface area contributed by atoms with Gasteiger partial charge in [-0.2, -0.15) is 0 Å². The number of aliphatic carboxylic acids is 1. The Labute approximate surface area is 155 Å². The summed E-state index contributed by atoms with van der Waals surface area (Å²) in [6.07, 6.45) is 0.802. The molecule has 1 aromatic carbocycles. The highest BCUT2D eigenvalue weighted by Crippen LogP contribution is 2.22. The third kappa shape index (κ3) is 5.40. The monoisotopic (exact) mass is 378 g/mol. The van der Waals surface area contributed by atoms with Crippen molar-refractivity contribution in [2.24, 2.45) is 5.92 Å². The Morgan fingerprint density at radius 1 is 1.30 bits per heavy atom. The maximum absolute atomic E-state index is 12.3. The second kappa shape index (κ2) is 8.97. The number of likely N-dealkylation sites (tertiary alicyclic amines) is 1. The number of nitrogens with one attached hydrogen (secondary N) is 1. The highest BCUT2D eigenvalue weighted by molar-refractivity contribution is 5.87. The number of nitro benzene ring substituents is 1. The summed E-state index contributed by atoms with van der Waals surface area (Å²) < 4.78 is 0. The molecule has 2 amide bonds. The molecule has 2 rings (SSSR count). The van der Waals surface area contributed by atoms with Crippen molar-refractivity contribution < 1.29 is 24.4 Å². The molecule has 1 heterocycles. The quantitative estimate of drug-likeness (QED) is 0.529. The molecule has 0 aromatic heterocycles. The van der Waals surface area contributed by atoms with Gasteiger partial charge in [-0.05, 0) is 18.9 Å². The van der Waals surface area contributed by atoms with Gasteiger partial charge in [-0.3, -0.25) is 24.5 Å². The molecule has 0 unspecified atom stereocenters. The highest BCUT2D eigenvalue weighted by Gasteiger charge is 2.27. The first-order chi connectivity index (χ1) is 12.8. The lowest BCUT2D eigenvalue weighted by molar-refractivity contribution is -0.383. The molecule has 0 aliphatic carbocycles. The van der Waals surface area contributed by atoms with E-state index in [1.807, 2.05) is 0 Å². The molecule has 146 valence electrons. The Balaban J connectivity index is 1.83. The van der Waals surface area contributed by atoms with Crippen molar-refractivity contribution in [2.75, 3.05) is 38.5 Å². The number of para-hydroxylation sites is 2. The molecule has 0 radical (unpaired) electrons. The van der Waals surface area contributed by atoms with Crippen molar-refractivity contribution in [1.82, 2.24) is 9.80 Å². The Morgan fingerprint density at radius 3 is 2.52 bits per heavy atom. The largest absolute Gasteiger partial charge is 0.481 e. The molecule has 0 spiro atoms. The first-order valence-electron chi connectivity index (χ1n) is 8.51. The zero-order valence-electron chi connectivity index (χ0n) is 15.0. The van der Waals surface area contributed by atoms with E-state index in [9.17, 15) is 24.5 Å². The van der Waals surface area contributed by atoms with Gasteiger partial charge in [0.25, 0.3) is 5.69 Å². The van der Waals surface area contributed by atoms with Gasteiger partial charge >= 0.3 is 5.97 Å². The maximum Gasteiger partial charge on any atom is 0.306 e. The molecule has 1 aliphatic heterocycles. The number of carboxylic acids is 1. The van der Waals surface area contributed by atoms with E-state index in [2.05, 4.69) is 5.32 Å². The van der Waals surface area contributed by atoms with Gasteiger partial charge in [0.1, 0.15) is 5.69 Å². The van der Waals surface area contributed by atoms with E-state index in [1.165, 1.54) is 30.1 Å². The summed E-state index contributed by atoms with van der Waals surface area (Å²) in [7, 11) is 1.48. The van der Waals surface area contributed by atoms with Crippen molar-refractivity contribution in [3.63, 3.8) is 0 Å². The molecule has 0 atom stereocenters. The predicted octanol–water partition coefficient (Wildman–Crippen LogP) is 0.788. The van der Waals surface area contributed by atoms with Gasteiger partial charge in [0.15, 0.2) is 0 Å². The van der Waals surface area contributed by atoms with Gasteiger partial charge in [-0.25, -0.2) is 0 Å². The fourth-order valence-corrected chi connectivity index (χ4v) is 2.86. The van der Waals surface area contributed by atoms with Crippen LogP contribution >= 0.6 is 0 Å². The number of piperidine rings is 1. The van der Waals surface area contributed by atoms with E-state index in [0.717, 1.165) is 0 Å². The second-order valence-corrected chi connectivity index (χ2v) is 6.37. The number of nitrogens with zero attached hydrogens (tertiary/aromatic N) is 3. The summed E-state index contributed by atoms with van der Waals surface area (Å²) in [5.74, 6) is -1.92. The highest BCUT2D eigenvalue weighted by atomic mass is 16.6. The Hall–Kier alpha value is -3.17. The zero-order valence-corrected chi connectivity index (χ0v) is 15.0.